The average molecular weight is 423 g/mol. The molecule has 1 fully saturated rings. The molecule has 0 N–H and O–H groups in total. The topological polar surface area (TPSA) is 74.8 Å². The van der Waals surface area contributed by atoms with E-state index < -0.39 is 20.0 Å². The summed E-state index contributed by atoms with van der Waals surface area (Å²) in [7, 11) is -7.30. The van der Waals surface area contributed by atoms with Crippen molar-refractivity contribution in [1.29, 1.82) is 0 Å². The molecule has 3 rings (SSSR count). The third kappa shape index (κ3) is 4.15. The minimum atomic E-state index is -3.66. The van der Waals surface area contributed by atoms with Crippen LogP contribution in [-0.2, 0) is 20.0 Å². The lowest BCUT2D eigenvalue weighted by Crippen LogP contribution is -2.37. The molecule has 0 spiro atoms. The van der Waals surface area contributed by atoms with E-state index in [1.54, 1.807) is 43.3 Å². The standard InChI is InChI=1S/C20H26N2O4S2/c1-16-5-8-19(9-6-16)27(23,24)21-11-4-12-22(14-13-21)28(25,26)20-10-7-17(2)15-18(20)3/h5-10,15H,4,11-14H2,1-3H3. The monoisotopic (exact) mass is 422 g/mol. The van der Waals surface area contributed by atoms with Crippen LogP contribution in [0.15, 0.2) is 52.3 Å². The van der Waals surface area contributed by atoms with Crippen molar-refractivity contribution in [3.8, 4) is 0 Å². The van der Waals surface area contributed by atoms with Crippen LogP contribution in [-0.4, -0.2) is 51.6 Å². The fourth-order valence-electron chi connectivity index (χ4n) is 3.44. The van der Waals surface area contributed by atoms with E-state index in [0.29, 0.717) is 25.1 Å². The summed E-state index contributed by atoms with van der Waals surface area (Å²) < 4.78 is 54.8. The molecule has 0 unspecified atom stereocenters. The first-order valence-electron chi connectivity index (χ1n) is 9.26. The molecule has 0 saturated carbocycles. The molecule has 6 nitrogen and oxygen atoms in total. The molecule has 0 aromatic heterocycles. The summed E-state index contributed by atoms with van der Waals surface area (Å²) in [5, 5.41) is 0. The lowest BCUT2D eigenvalue weighted by atomic mass is 10.2. The lowest BCUT2D eigenvalue weighted by Gasteiger charge is -2.22. The molecule has 1 heterocycles. The van der Waals surface area contributed by atoms with Gasteiger partial charge in [-0.25, -0.2) is 16.8 Å². The maximum absolute atomic E-state index is 13.1. The molecule has 1 saturated heterocycles. The van der Waals surface area contributed by atoms with Crippen molar-refractivity contribution in [2.75, 3.05) is 26.2 Å². The number of hydrogen-bond acceptors (Lipinski definition) is 4. The van der Waals surface area contributed by atoms with Crippen molar-refractivity contribution in [2.24, 2.45) is 0 Å². The highest BCUT2D eigenvalue weighted by molar-refractivity contribution is 7.89. The number of benzene rings is 2. The minimum absolute atomic E-state index is 0.139. The number of aryl methyl sites for hydroxylation is 3. The van der Waals surface area contributed by atoms with Crippen molar-refractivity contribution in [3.63, 3.8) is 0 Å². The first kappa shape index (κ1) is 21.0. The van der Waals surface area contributed by atoms with Crippen LogP contribution in [0, 0.1) is 20.8 Å². The van der Waals surface area contributed by atoms with Crippen LogP contribution in [0.2, 0.25) is 0 Å². The summed E-state index contributed by atoms with van der Waals surface area (Å²) in [6, 6.07) is 12.0. The predicted octanol–water partition coefficient (Wildman–Crippen LogP) is 2.70. The van der Waals surface area contributed by atoms with E-state index in [4.69, 9.17) is 0 Å². The quantitative estimate of drug-likeness (QED) is 0.759. The van der Waals surface area contributed by atoms with Gasteiger partial charge in [-0.1, -0.05) is 35.4 Å². The van der Waals surface area contributed by atoms with Gasteiger partial charge >= 0.3 is 0 Å². The van der Waals surface area contributed by atoms with E-state index in [2.05, 4.69) is 0 Å². The van der Waals surface area contributed by atoms with Gasteiger partial charge in [0.2, 0.25) is 20.0 Å². The highest BCUT2D eigenvalue weighted by Crippen LogP contribution is 2.24. The zero-order valence-corrected chi connectivity index (χ0v) is 18.1. The molecule has 152 valence electrons. The Morgan fingerprint density at radius 3 is 1.79 bits per heavy atom. The molecule has 8 heteroatoms. The first-order chi connectivity index (χ1) is 13.1. The molecule has 0 bridgehead atoms. The molecule has 0 aliphatic carbocycles. The molecule has 0 amide bonds. The van der Waals surface area contributed by atoms with E-state index in [-0.39, 0.29) is 22.9 Å². The van der Waals surface area contributed by atoms with Crippen molar-refractivity contribution in [1.82, 2.24) is 8.61 Å². The first-order valence-corrected chi connectivity index (χ1v) is 12.1. The van der Waals surface area contributed by atoms with Crippen molar-refractivity contribution >= 4 is 20.0 Å². The largest absolute Gasteiger partial charge is 0.243 e. The van der Waals surface area contributed by atoms with Crippen LogP contribution >= 0.6 is 0 Å². The minimum Gasteiger partial charge on any atom is -0.207 e. The van der Waals surface area contributed by atoms with Crippen LogP contribution in [0.4, 0.5) is 0 Å². The highest BCUT2D eigenvalue weighted by Gasteiger charge is 2.32. The van der Waals surface area contributed by atoms with E-state index in [1.165, 1.54) is 8.61 Å². The van der Waals surface area contributed by atoms with Gasteiger partial charge in [0, 0.05) is 26.2 Å². The van der Waals surface area contributed by atoms with Crippen molar-refractivity contribution in [2.45, 2.75) is 37.0 Å². The lowest BCUT2D eigenvalue weighted by molar-refractivity contribution is 0.404. The van der Waals surface area contributed by atoms with Crippen LogP contribution in [0.1, 0.15) is 23.1 Å². The van der Waals surface area contributed by atoms with Gasteiger partial charge in [-0.05, 0) is 51.0 Å². The fraction of sp³-hybridized carbons (Fsp3) is 0.400. The Morgan fingerprint density at radius 2 is 1.21 bits per heavy atom. The molecule has 1 aliphatic heterocycles. The third-order valence-electron chi connectivity index (χ3n) is 5.02. The van der Waals surface area contributed by atoms with Crippen LogP contribution in [0.3, 0.4) is 0 Å². The van der Waals surface area contributed by atoms with Gasteiger partial charge in [-0.3, -0.25) is 0 Å². The summed E-state index contributed by atoms with van der Waals surface area (Å²) >= 11 is 0. The SMILES string of the molecule is Cc1ccc(S(=O)(=O)N2CCCN(S(=O)(=O)c3ccc(C)cc3C)CC2)cc1. The Labute approximate surface area is 167 Å². The summed E-state index contributed by atoms with van der Waals surface area (Å²) in [5.74, 6) is 0. The Morgan fingerprint density at radius 1 is 0.679 bits per heavy atom. The number of hydrogen-bond donors (Lipinski definition) is 0. The second-order valence-corrected chi connectivity index (χ2v) is 11.1. The van der Waals surface area contributed by atoms with Crippen LogP contribution in [0.25, 0.3) is 0 Å². The number of sulfonamides is 2. The normalized spacial score (nSPS) is 17.4. The van der Waals surface area contributed by atoms with E-state index >= 15 is 0 Å². The Balaban J connectivity index is 1.82. The Kier molecular flexibility index (Phi) is 5.95. The highest BCUT2D eigenvalue weighted by atomic mass is 32.2. The second-order valence-electron chi connectivity index (χ2n) is 7.24. The van der Waals surface area contributed by atoms with Gasteiger partial charge < -0.3 is 0 Å². The predicted molar refractivity (Wildman–Crippen MR) is 109 cm³/mol. The van der Waals surface area contributed by atoms with Gasteiger partial charge in [-0.2, -0.15) is 8.61 Å². The van der Waals surface area contributed by atoms with E-state index in [1.807, 2.05) is 19.9 Å². The molecule has 1 aliphatic rings. The summed E-state index contributed by atoms with van der Waals surface area (Å²) in [6.07, 6.45) is 0.454. The molecule has 2 aromatic rings. The Hall–Kier alpha value is -1.74. The average Bonchev–Trinajstić information content (AvgIpc) is 2.89. The molecule has 0 radical (unpaired) electrons. The van der Waals surface area contributed by atoms with Crippen molar-refractivity contribution in [3.05, 3.63) is 59.2 Å². The smallest absolute Gasteiger partial charge is 0.207 e. The van der Waals surface area contributed by atoms with Gasteiger partial charge in [0.05, 0.1) is 9.79 Å². The molecule has 0 atom stereocenters. The molecule has 28 heavy (non-hydrogen) atoms. The van der Waals surface area contributed by atoms with Gasteiger partial charge in [0.15, 0.2) is 0 Å². The number of nitrogens with zero attached hydrogens (tertiary/aromatic N) is 2. The number of rotatable bonds is 4. The molecular formula is C20H26N2O4S2. The fourth-order valence-corrected chi connectivity index (χ4v) is 6.58. The zero-order valence-electron chi connectivity index (χ0n) is 16.4. The van der Waals surface area contributed by atoms with Gasteiger partial charge in [0.25, 0.3) is 0 Å². The second kappa shape index (κ2) is 7.94. The van der Waals surface area contributed by atoms with Gasteiger partial charge in [0.1, 0.15) is 0 Å². The van der Waals surface area contributed by atoms with Gasteiger partial charge in [-0.15, -0.1) is 0 Å². The Bertz CT molecular complexity index is 1060. The summed E-state index contributed by atoms with van der Waals surface area (Å²) in [5.41, 5.74) is 2.69. The molecule has 2 aromatic carbocycles. The third-order valence-corrected chi connectivity index (χ3v) is 8.99. The maximum atomic E-state index is 13.1. The van der Waals surface area contributed by atoms with E-state index in [0.717, 1.165) is 11.1 Å². The van der Waals surface area contributed by atoms with Crippen molar-refractivity contribution < 1.29 is 16.8 Å². The van der Waals surface area contributed by atoms with Crippen LogP contribution < -0.4 is 0 Å². The maximum Gasteiger partial charge on any atom is 0.243 e. The summed E-state index contributed by atoms with van der Waals surface area (Å²) in [6.45, 7) is 6.49. The van der Waals surface area contributed by atoms with Crippen LogP contribution in [0.5, 0.6) is 0 Å². The summed E-state index contributed by atoms with van der Waals surface area (Å²) in [4.78, 5) is 0.525. The zero-order chi connectivity index (χ0) is 20.5. The van der Waals surface area contributed by atoms with E-state index in [9.17, 15) is 16.8 Å². The molecular weight excluding hydrogens is 396 g/mol.